The highest BCUT2D eigenvalue weighted by Crippen LogP contribution is 2.68. The quantitative estimate of drug-likeness (QED) is 0.128. The molecule has 1 saturated carbocycles. The number of carbonyl (C=O) groups excluding carboxylic acids is 1. The number of nitrogens with zero attached hydrogens (tertiary/aromatic N) is 6. The molecule has 3 heterocycles. The van der Waals surface area contributed by atoms with Crippen LogP contribution in [0.25, 0.3) is 16.6 Å². The van der Waals surface area contributed by atoms with Crippen LogP contribution in [0.2, 0.25) is 5.02 Å². The van der Waals surface area contributed by atoms with Crippen molar-refractivity contribution >= 4 is 44.3 Å². The summed E-state index contributed by atoms with van der Waals surface area (Å²) in [6.07, 6.45) is -2.80. The van der Waals surface area contributed by atoms with E-state index in [1.54, 1.807) is 13.8 Å². The largest absolute Gasteiger partial charge is 0.366 e. The number of rotatable bonds is 11. The van der Waals surface area contributed by atoms with E-state index in [9.17, 15) is 35.6 Å². The number of aromatic nitrogens is 6. The Morgan fingerprint density at radius 3 is 2.47 bits per heavy atom. The molecule has 5 aromatic rings. The summed E-state index contributed by atoms with van der Waals surface area (Å²) in [7, 11) is -1.06. The number of hydrogen-bond donors (Lipinski definition) is 2. The molecule has 1 amide bonds. The summed E-state index contributed by atoms with van der Waals surface area (Å²) in [6.45, 7) is 2.28. The second-order valence-electron chi connectivity index (χ2n) is 14.6. The number of sulfonamides is 1. The zero-order chi connectivity index (χ0) is 42.2. The maximum Gasteiger partial charge on any atom is 0.293 e. The SMILES string of the molecule is COC(C)(C)C#Cc1cc(=O)n(-c2ccc(Cl)c3c(NS(C)(=O)=O)nn(C)c23)c([C@H](Cc2cc(F)cc(F)c2)NC(=O)Cn2nc(C(F)F)c3c2C(F)(F)[C@@H]2C[C@H]32)n1. The van der Waals surface area contributed by atoms with E-state index in [1.165, 1.54) is 31.0 Å². The van der Waals surface area contributed by atoms with E-state index in [0.29, 0.717) is 10.7 Å². The lowest BCUT2D eigenvalue weighted by atomic mass is 10.0. The van der Waals surface area contributed by atoms with E-state index >= 15 is 8.78 Å². The molecule has 2 N–H and O–H groups in total. The summed E-state index contributed by atoms with van der Waals surface area (Å²) in [6, 6.07) is 4.79. The topological polar surface area (TPSA) is 155 Å². The van der Waals surface area contributed by atoms with Crippen LogP contribution in [0.1, 0.15) is 72.7 Å². The van der Waals surface area contributed by atoms with Crippen LogP contribution in [0, 0.1) is 29.4 Å². The van der Waals surface area contributed by atoms with E-state index in [0.717, 1.165) is 29.0 Å². The second-order valence-corrected chi connectivity index (χ2v) is 16.7. The molecule has 0 aliphatic heterocycles. The zero-order valence-electron chi connectivity index (χ0n) is 31.2. The van der Waals surface area contributed by atoms with Gasteiger partial charge < -0.3 is 10.1 Å². The fourth-order valence-electron chi connectivity index (χ4n) is 7.22. The first kappa shape index (κ1) is 40.8. The van der Waals surface area contributed by atoms with E-state index in [2.05, 4.69) is 37.1 Å². The number of methoxy groups -OCH3 is 1. The van der Waals surface area contributed by atoms with Gasteiger partial charge in [0.2, 0.25) is 15.9 Å². The Balaban J connectivity index is 1.42. The zero-order valence-corrected chi connectivity index (χ0v) is 32.7. The Hall–Kier alpha value is -5.39. The highest BCUT2D eigenvalue weighted by atomic mass is 35.5. The fraction of sp³-hybridized carbons (Fsp3) is 0.378. The van der Waals surface area contributed by atoms with Gasteiger partial charge in [-0.3, -0.25) is 28.2 Å². The first-order chi connectivity index (χ1) is 27.1. The average molecular weight is 851 g/mol. The molecule has 0 saturated heterocycles. The van der Waals surface area contributed by atoms with Crippen LogP contribution in [0.5, 0.6) is 0 Å². The normalized spacial score (nSPS) is 17.5. The number of halogens is 7. The molecule has 0 radical (unpaired) electrons. The molecule has 3 atom stereocenters. The number of carbonyl (C=O) groups is 1. The molecular weight excluding hydrogens is 818 g/mol. The molecule has 2 aromatic carbocycles. The standard InChI is InChI=1S/C37H33ClF6N8O5S/c1-36(2,57-4)9-8-20-14-27(54)52(25-7-6-23(38)29-31(25)50(3)48-34(29)49-58(5,55)56)35(45-20)24(12-17-10-18(39)13-19(40)11-17)46-26(53)16-51-32-28(30(47-51)33(41)42)21-15-22(21)37(32,43)44/h6-7,10-11,13-14,21-22,24,33H,12,15-16H2,1-5H3,(H,46,53)(H,48,49)/t21-,22+,24-/m0/s1. The number of benzene rings is 2. The van der Waals surface area contributed by atoms with Crippen LogP contribution in [0.4, 0.5) is 32.2 Å². The molecule has 13 nitrogen and oxygen atoms in total. The summed E-state index contributed by atoms with van der Waals surface area (Å²) in [4.78, 5) is 32.9. The first-order valence-electron chi connectivity index (χ1n) is 17.5. The number of anilines is 1. The molecule has 3 aromatic heterocycles. The predicted octanol–water partition coefficient (Wildman–Crippen LogP) is 5.64. The number of nitrogens with one attached hydrogen (secondary N) is 2. The van der Waals surface area contributed by atoms with E-state index in [-0.39, 0.29) is 56.5 Å². The van der Waals surface area contributed by atoms with Crippen molar-refractivity contribution in [3.63, 3.8) is 0 Å². The van der Waals surface area contributed by atoms with Gasteiger partial charge in [0.05, 0.1) is 33.9 Å². The number of aryl methyl sites for hydroxylation is 1. The van der Waals surface area contributed by atoms with E-state index in [1.807, 2.05) is 0 Å². The van der Waals surface area contributed by atoms with Crippen LogP contribution in [0.15, 0.2) is 41.2 Å². The summed E-state index contributed by atoms with van der Waals surface area (Å²) >= 11 is 6.55. The van der Waals surface area contributed by atoms with Crippen molar-refractivity contribution in [3.05, 3.63) is 97.4 Å². The van der Waals surface area contributed by atoms with Crippen LogP contribution < -0.4 is 15.6 Å². The highest BCUT2D eigenvalue weighted by molar-refractivity contribution is 7.92. The Labute approximate surface area is 331 Å². The van der Waals surface area contributed by atoms with Gasteiger partial charge in [0.1, 0.15) is 46.7 Å². The second kappa shape index (κ2) is 14.5. The lowest BCUT2D eigenvalue weighted by molar-refractivity contribution is -0.123. The molecule has 306 valence electrons. The molecule has 2 aliphatic rings. The van der Waals surface area contributed by atoms with Crippen molar-refractivity contribution in [1.82, 2.24) is 34.4 Å². The number of ether oxygens (including phenoxy) is 1. The first-order valence-corrected chi connectivity index (χ1v) is 19.7. The highest BCUT2D eigenvalue weighted by Gasteiger charge is 2.67. The van der Waals surface area contributed by atoms with Gasteiger partial charge in [0.25, 0.3) is 17.9 Å². The Morgan fingerprint density at radius 2 is 1.83 bits per heavy atom. The summed E-state index contributed by atoms with van der Waals surface area (Å²) in [5.74, 6) is -3.53. The van der Waals surface area contributed by atoms with Gasteiger partial charge in [-0.05, 0) is 61.9 Å². The molecule has 0 unspecified atom stereocenters. The van der Waals surface area contributed by atoms with Gasteiger partial charge in [-0.1, -0.05) is 17.5 Å². The average Bonchev–Trinajstić information content (AvgIpc) is 3.65. The maximum atomic E-state index is 15.4. The van der Waals surface area contributed by atoms with Gasteiger partial charge in [0, 0.05) is 44.2 Å². The summed E-state index contributed by atoms with van der Waals surface area (Å²) < 4.78 is 123. The molecule has 58 heavy (non-hydrogen) atoms. The van der Waals surface area contributed by atoms with Crippen molar-refractivity contribution in [2.45, 2.75) is 63.1 Å². The Bertz CT molecular complexity index is 2740. The molecule has 2 aliphatic carbocycles. The van der Waals surface area contributed by atoms with Gasteiger partial charge in [-0.25, -0.2) is 31.0 Å². The lowest BCUT2D eigenvalue weighted by Crippen LogP contribution is -2.38. The number of amides is 1. The minimum atomic E-state index is -3.90. The van der Waals surface area contributed by atoms with Gasteiger partial charge >= 0.3 is 0 Å². The number of alkyl halides is 4. The molecule has 7 rings (SSSR count). The lowest BCUT2D eigenvalue weighted by Gasteiger charge is -2.24. The van der Waals surface area contributed by atoms with Gasteiger partial charge in [-0.15, -0.1) is 0 Å². The van der Waals surface area contributed by atoms with Crippen molar-refractivity contribution in [2.75, 3.05) is 18.1 Å². The Kier molecular flexibility index (Phi) is 10.2. The third-order valence-corrected chi connectivity index (χ3v) is 10.7. The maximum absolute atomic E-state index is 15.4. The monoisotopic (exact) mass is 850 g/mol. The van der Waals surface area contributed by atoms with Crippen molar-refractivity contribution in [1.29, 1.82) is 0 Å². The van der Waals surface area contributed by atoms with Crippen molar-refractivity contribution in [2.24, 2.45) is 13.0 Å². The van der Waals surface area contributed by atoms with Gasteiger partial charge in [0.15, 0.2) is 5.82 Å². The summed E-state index contributed by atoms with van der Waals surface area (Å²) in [5.41, 5.74) is -3.90. The number of hydrogen-bond acceptors (Lipinski definition) is 8. The van der Waals surface area contributed by atoms with Crippen LogP contribution >= 0.6 is 11.6 Å². The Morgan fingerprint density at radius 1 is 1.14 bits per heavy atom. The van der Waals surface area contributed by atoms with E-state index < -0.39 is 93.3 Å². The molecule has 0 spiro atoms. The summed E-state index contributed by atoms with van der Waals surface area (Å²) in [5, 5.41) is 10.6. The third kappa shape index (κ3) is 7.65. The van der Waals surface area contributed by atoms with Crippen LogP contribution in [-0.4, -0.2) is 62.4 Å². The minimum absolute atomic E-state index is 0.00445. The fourth-order valence-corrected chi connectivity index (χ4v) is 7.95. The van der Waals surface area contributed by atoms with Crippen LogP contribution in [0.3, 0.4) is 0 Å². The molecule has 1 fully saturated rings. The number of fused-ring (bicyclic) bond motifs is 4. The smallest absolute Gasteiger partial charge is 0.293 e. The minimum Gasteiger partial charge on any atom is -0.366 e. The molecule has 21 heteroatoms. The predicted molar refractivity (Wildman–Crippen MR) is 198 cm³/mol. The van der Waals surface area contributed by atoms with E-state index in [4.69, 9.17) is 16.3 Å². The van der Waals surface area contributed by atoms with Gasteiger partial charge in [-0.2, -0.15) is 19.0 Å². The van der Waals surface area contributed by atoms with Crippen molar-refractivity contribution < 1.29 is 44.3 Å². The van der Waals surface area contributed by atoms with Crippen LogP contribution in [-0.2, 0) is 45.5 Å². The molecular formula is C37H33ClF6N8O5S. The van der Waals surface area contributed by atoms with Crippen molar-refractivity contribution in [3.8, 4) is 17.5 Å². The molecule has 0 bridgehead atoms. The third-order valence-electron chi connectivity index (χ3n) is 9.86.